The van der Waals surface area contributed by atoms with Gasteiger partial charge in [0.2, 0.25) is 5.89 Å². The number of hydrogen-bond acceptors (Lipinski definition) is 5. The van der Waals surface area contributed by atoms with Gasteiger partial charge in [-0.25, -0.2) is 4.79 Å². The van der Waals surface area contributed by atoms with E-state index in [1.165, 1.54) is 11.6 Å². The van der Waals surface area contributed by atoms with Crippen molar-refractivity contribution in [3.63, 3.8) is 0 Å². The van der Waals surface area contributed by atoms with E-state index in [0.29, 0.717) is 5.89 Å². The molecule has 0 radical (unpaired) electrons. The number of rotatable bonds is 5. The lowest BCUT2D eigenvalue weighted by molar-refractivity contribution is -0.143. The fourth-order valence-corrected chi connectivity index (χ4v) is 2.20. The SMILES string of the molecule is Cc1ccc(/C=C/C(=O)O[C@@H](C)c2nnc(-c3ccccc3)o2)cc1. The second-order valence-corrected chi connectivity index (χ2v) is 5.63. The summed E-state index contributed by atoms with van der Waals surface area (Å²) in [5.41, 5.74) is 2.91. The summed E-state index contributed by atoms with van der Waals surface area (Å²) in [6.45, 7) is 3.71. The van der Waals surface area contributed by atoms with Crippen LogP contribution in [0.4, 0.5) is 0 Å². The smallest absolute Gasteiger partial charge is 0.331 e. The van der Waals surface area contributed by atoms with E-state index in [4.69, 9.17) is 9.15 Å². The minimum atomic E-state index is -0.625. The first-order valence-corrected chi connectivity index (χ1v) is 7.96. The highest BCUT2D eigenvalue weighted by Gasteiger charge is 2.17. The van der Waals surface area contributed by atoms with E-state index < -0.39 is 12.1 Å². The lowest BCUT2D eigenvalue weighted by atomic mass is 10.1. The molecule has 0 unspecified atom stereocenters. The molecular formula is C20H18N2O3. The summed E-state index contributed by atoms with van der Waals surface area (Å²) in [5, 5.41) is 7.95. The number of esters is 1. The highest BCUT2D eigenvalue weighted by molar-refractivity contribution is 5.87. The Morgan fingerprint density at radius 2 is 1.80 bits per heavy atom. The Bertz CT molecular complexity index is 867. The maximum Gasteiger partial charge on any atom is 0.331 e. The zero-order chi connectivity index (χ0) is 17.6. The molecule has 0 fully saturated rings. The number of carbonyl (C=O) groups is 1. The Labute approximate surface area is 146 Å². The van der Waals surface area contributed by atoms with Gasteiger partial charge in [-0.05, 0) is 37.6 Å². The number of carbonyl (C=O) groups excluding carboxylic acids is 1. The van der Waals surface area contributed by atoms with Crippen molar-refractivity contribution in [2.45, 2.75) is 20.0 Å². The van der Waals surface area contributed by atoms with Crippen LogP contribution in [0.15, 0.2) is 65.1 Å². The highest BCUT2D eigenvalue weighted by atomic mass is 16.6. The van der Waals surface area contributed by atoms with Crippen LogP contribution in [0, 0.1) is 6.92 Å². The van der Waals surface area contributed by atoms with Gasteiger partial charge in [0.25, 0.3) is 5.89 Å². The molecule has 2 aromatic carbocycles. The molecule has 5 heteroatoms. The first-order valence-electron chi connectivity index (χ1n) is 7.96. The molecular weight excluding hydrogens is 316 g/mol. The van der Waals surface area contributed by atoms with E-state index in [1.807, 2.05) is 61.5 Å². The summed E-state index contributed by atoms with van der Waals surface area (Å²) >= 11 is 0. The summed E-state index contributed by atoms with van der Waals surface area (Å²) < 4.78 is 10.9. The molecule has 0 N–H and O–H groups in total. The Morgan fingerprint density at radius 3 is 2.52 bits per heavy atom. The minimum absolute atomic E-state index is 0.260. The van der Waals surface area contributed by atoms with Crippen LogP contribution >= 0.6 is 0 Å². The predicted octanol–water partition coefficient (Wildman–Crippen LogP) is 4.36. The molecule has 0 bridgehead atoms. The van der Waals surface area contributed by atoms with Crippen LogP contribution in [0.25, 0.3) is 17.5 Å². The van der Waals surface area contributed by atoms with Gasteiger partial charge in [0.05, 0.1) is 0 Å². The Kier molecular flexibility index (Phi) is 5.04. The second kappa shape index (κ2) is 7.57. The van der Waals surface area contributed by atoms with Gasteiger partial charge in [-0.1, -0.05) is 48.0 Å². The van der Waals surface area contributed by atoms with Crippen molar-refractivity contribution >= 4 is 12.0 Å². The zero-order valence-corrected chi connectivity index (χ0v) is 14.0. The average Bonchev–Trinajstić information content (AvgIpc) is 3.12. The van der Waals surface area contributed by atoms with Crippen molar-refractivity contribution < 1.29 is 13.9 Å². The van der Waals surface area contributed by atoms with Crippen molar-refractivity contribution in [1.82, 2.24) is 10.2 Å². The molecule has 0 amide bonds. The molecule has 3 aromatic rings. The molecule has 0 aliphatic heterocycles. The molecule has 0 saturated carbocycles. The number of benzene rings is 2. The molecule has 0 aliphatic rings. The normalized spacial score (nSPS) is 12.2. The third-order valence-electron chi connectivity index (χ3n) is 3.59. The maximum atomic E-state index is 11.9. The van der Waals surface area contributed by atoms with E-state index in [0.717, 1.165) is 11.1 Å². The molecule has 25 heavy (non-hydrogen) atoms. The monoisotopic (exact) mass is 334 g/mol. The van der Waals surface area contributed by atoms with Crippen LogP contribution < -0.4 is 0 Å². The third kappa shape index (κ3) is 4.41. The molecule has 126 valence electrons. The molecule has 1 atom stereocenters. The lowest BCUT2D eigenvalue weighted by Gasteiger charge is -2.06. The van der Waals surface area contributed by atoms with Gasteiger partial charge < -0.3 is 9.15 Å². The topological polar surface area (TPSA) is 65.2 Å². The van der Waals surface area contributed by atoms with Gasteiger partial charge in [0.15, 0.2) is 6.10 Å². The van der Waals surface area contributed by atoms with Crippen LogP contribution in [0.1, 0.15) is 30.0 Å². The van der Waals surface area contributed by atoms with Gasteiger partial charge in [-0.3, -0.25) is 0 Å². The first kappa shape index (κ1) is 16.6. The van der Waals surface area contributed by atoms with E-state index >= 15 is 0 Å². The van der Waals surface area contributed by atoms with E-state index in [1.54, 1.807) is 13.0 Å². The summed E-state index contributed by atoms with van der Waals surface area (Å²) in [7, 11) is 0. The van der Waals surface area contributed by atoms with Gasteiger partial charge in [0.1, 0.15) is 0 Å². The molecule has 5 nitrogen and oxygen atoms in total. The number of hydrogen-bond donors (Lipinski definition) is 0. The van der Waals surface area contributed by atoms with Gasteiger partial charge >= 0.3 is 5.97 Å². The molecule has 1 aromatic heterocycles. The lowest BCUT2D eigenvalue weighted by Crippen LogP contribution is -2.06. The van der Waals surface area contributed by atoms with Crippen LogP contribution in [0.3, 0.4) is 0 Å². The summed E-state index contributed by atoms with van der Waals surface area (Å²) in [6.07, 6.45) is 2.47. The fourth-order valence-electron chi connectivity index (χ4n) is 2.20. The average molecular weight is 334 g/mol. The van der Waals surface area contributed by atoms with Crippen molar-refractivity contribution in [3.05, 3.63) is 77.7 Å². The van der Waals surface area contributed by atoms with E-state index in [9.17, 15) is 4.79 Å². The number of aromatic nitrogens is 2. The quantitative estimate of drug-likeness (QED) is 0.512. The minimum Gasteiger partial charge on any atom is -0.449 e. The maximum absolute atomic E-state index is 11.9. The molecule has 1 heterocycles. The first-order chi connectivity index (χ1) is 12.1. The molecule has 3 rings (SSSR count). The molecule has 0 saturated heterocycles. The van der Waals surface area contributed by atoms with Crippen LogP contribution in [0.2, 0.25) is 0 Å². The van der Waals surface area contributed by atoms with E-state index in [2.05, 4.69) is 10.2 Å². The summed E-state index contributed by atoms with van der Waals surface area (Å²) in [6, 6.07) is 17.3. The van der Waals surface area contributed by atoms with Crippen LogP contribution in [-0.2, 0) is 9.53 Å². The van der Waals surface area contributed by atoms with E-state index in [-0.39, 0.29) is 5.89 Å². The number of aryl methyl sites for hydroxylation is 1. The van der Waals surface area contributed by atoms with Crippen molar-refractivity contribution in [1.29, 1.82) is 0 Å². The molecule has 0 spiro atoms. The van der Waals surface area contributed by atoms with Gasteiger partial charge in [-0.2, -0.15) is 0 Å². The highest BCUT2D eigenvalue weighted by Crippen LogP contribution is 2.22. The number of ether oxygens (including phenoxy) is 1. The third-order valence-corrected chi connectivity index (χ3v) is 3.59. The largest absolute Gasteiger partial charge is 0.449 e. The van der Waals surface area contributed by atoms with Crippen LogP contribution in [-0.4, -0.2) is 16.2 Å². The standard InChI is InChI=1S/C20H18N2O3/c1-14-8-10-16(11-9-14)12-13-18(23)24-15(2)19-21-22-20(25-19)17-6-4-3-5-7-17/h3-13,15H,1-2H3/b13-12+/t15-/m0/s1. The number of nitrogens with zero attached hydrogens (tertiary/aromatic N) is 2. The Morgan fingerprint density at radius 1 is 1.08 bits per heavy atom. The Hall–Kier alpha value is -3.21. The summed E-state index contributed by atoms with van der Waals surface area (Å²) in [5.74, 6) is 0.192. The van der Waals surface area contributed by atoms with Gasteiger partial charge in [0, 0.05) is 11.6 Å². The van der Waals surface area contributed by atoms with Crippen molar-refractivity contribution in [2.75, 3.05) is 0 Å². The molecule has 0 aliphatic carbocycles. The predicted molar refractivity (Wildman–Crippen MR) is 94.5 cm³/mol. The second-order valence-electron chi connectivity index (χ2n) is 5.63. The fraction of sp³-hybridized carbons (Fsp3) is 0.150. The van der Waals surface area contributed by atoms with Crippen molar-refractivity contribution in [2.24, 2.45) is 0 Å². The van der Waals surface area contributed by atoms with Crippen LogP contribution in [0.5, 0.6) is 0 Å². The Balaban J connectivity index is 1.62. The van der Waals surface area contributed by atoms with Gasteiger partial charge in [-0.15, -0.1) is 10.2 Å². The summed E-state index contributed by atoms with van der Waals surface area (Å²) in [4.78, 5) is 11.9. The van der Waals surface area contributed by atoms with Crippen molar-refractivity contribution in [3.8, 4) is 11.5 Å². The zero-order valence-electron chi connectivity index (χ0n) is 14.0.